The van der Waals surface area contributed by atoms with Gasteiger partial charge in [-0.1, -0.05) is 6.42 Å². The molecule has 2 aromatic rings. The van der Waals surface area contributed by atoms with Crippen molar-refractivity contribution in [3.05, 3.63) is 24.0 Å². The van der Waals surface area contributed by atoms with Crippen molar-refractivity contribution in [3.63, 3.8) is 0 Å². The number of carboxylic acid groups (broad SMARTS) is 1. The van der Waals surface area contributed by atoms with Crippen molar-refractivity contribution in [2.75, 3.05) is 50.7 Å². The molecule has 1 amide bonds. The minimum absolute atomic E-state index is 0.375. The number of pyridine rings is 1. The van der Waals surface area contributed by atoms with Crippen LogP contribution in [0.4, 0.5) is 10.5 Å². The van der Waals surface area contributed by atoms with Gasteiger partial charge in [-0.15, -0.1) is 0 Å². The van der Waals surface area contributed by atoms with Crippen LogP contribution in [0.25, 0.3) is 11.0 Å². The maximum Gasteiger partial charge on any atom is 0.407 e. The summed E-state index contributed by atoms with van der Waals surface area (Å²) in [7, 11) is 2.05. The van der Waals surface area contributed by atoms with E-state index in [1.165, 1.54) is 36.0 Å². The van der Waals surface area contributed by atoms with Crippen LogP contribution < -0.4 is 4.90 Å². The zero-order valence-corrected chi connectivity index (χ0v) is 17.7. The lowest BCUT2D eigenvalue weighted by Gasteiger charge is -2.30. The Bertz CT molecular complexity index is 858. The van der Waals surface area contributed by atoms with Gasteiger partial charge in [0.1, 0.15) is 5.65 Å². The van der Waals surface area contributed by atoms with Gasteiger partial charge in [-0.2, -0.15) is 0 Å². The van der Waals surface area contributed by atoms with Crippen molar-refractivity contribution in [2.24, 2.45) is 13.0 Å². The summed E-state index contributed by atoms with van der Waals surface area (Å²) in [6, 6.07) is 4.29. The Hall–Kier alpha value is -2.28. The zero-order valence-electron chi connectivity index (χ0n) is 17.7. The Morgan fingerprint density at radius 1 is 1.28 bits per heavy atom. The van der Waals surface area contributed by atoms with Crippen molar-refractivity contribution in [3.8, 4) is 0 Å². The minimum atomic E-state index is -0.787. The summed E-state index contributed by atoms with van der Waals surface area (Å²) in [5, 5.41) is 10.9. The minimum Gasteiger partial charge on any atom is -0.465 e. The van der Waals surface area contributed by atoms with Crippen LogP contribution >= 0.6 is 0 Å². The fourth-order valence-corrected chi connectivity index (χ4v) is 4.83. The Morgan fingerprint density at radius 3 is 2.83 bits per heavy atom. The monoisotopic (exact) mass is 399 g/mol. The fraction of sp³-hybridized carbons (Fsp3) is 0.636. The molecule has 0 radical (unpaired) electrons. The number of rotatable bonds is 6. The standard InChI is InChI=1S/C22H33N5O2/c1-17-14-19-20(6-8-23-21(19)24(17)2)26-11-7-18(15-26)16-27(22(28)29)13-12-25-9-4-3-5-10-25/h6,8,14,18H,3-5,7,9-13,15-16H2,1-2H3,(H,28,29). The number of hydrogen-bond donors (Lipinski definition) is 1. The molecule has 2 fully saturated rings. The summed E-state index contributed by atoms with van der Waals surface area (Å²) in [6.07, 6.45) is 5.91. The van der Waals surface area contributed by atoms with Crippen LogP contribution in [-0.4, -0.2) is 76.4 Å². The predicted molar refractivity (Wildman–Crippen MR) is 116 cm³/mol. The number of aryl methyl sites for hydroxylation is 2. The maximum absolute atomic E-state index is 11.8. The molecule has 7 nitrogen and oxygen atoms in total. The number of anilines is 1. The van der Waals surface area contributed by atoms with Gasteiger partial charge >= 0.3 is 6.09 Å². The van der Waals surface area contributed by atoms with E-state index in [9.17, 15) is 9.90 Å². The number of hydrogen-bond acceptors (Lipinski definition) is 4. The van der Waals surface area contributed by atoms with E-state index in [1.807, 2.05) is 13.2 Å². The number of likely N-dealkylation sites (tertiary alicyclic amines) is 1. The van der Waals surface area contributed by atoms with Crippen molar-refractivity contribution >= 4 is 22.8 Å². The Kier molecular flexibility index (Phi) is 5.94. The second-order valence-corrected chi connectivity index (χ2v) is 8.64. The predicted octanol–water partition coefficient (Wildman–Crippen LogP) is 3.17. The first-order valence-electron chi connectivity index (χ1n) is 10.9. The van der Waals surface area contributed by atoms with Crippen LogP contribution in [-0.2, 0) is 7.05 Å². The molecular formula is C22H33N5O2. The molecule has 0 bridgehead atoms. The van der Waals surface area contributed by atoms with E-state index < -0.39 is 6.09 Å². The highest BCUT2D eigenvalue weighted by Gasteiger charge is 2.28. The highest BCUT2D eigenvalue weighted by Crippen LogP contribution is 2.31. The molecule has 0 aliphatic carbocycles. The number of aromatic nitrogens is 2. The van der Waals surface area contributed by atoms with E-state index in [1.54, 1.807) is 4.90 Å². The summed E-state index contributed by atoms with van der Waals surface area (Å²) in [4.78, 5) is 22.8. The summed E-state index contributed by atoms with van der Waals surface area (Å²) >= 11 is 0. The SMILES string of the molecule is Cc1cc2c(N3CCC(CN(CCN4CCCCC4)C(=O)O)C3)ccnc2n1C. The second kappa shape index (κ2) is 8.61. The Balaban J connectivity index is 1.38. The third-order valence-corrected chi connectivity index (χ3v) is 6.66. The molecule has 29 heavy (non-hydrogen) atoms. The first-order valence-corrected chi connectivity index (χ1v) is 10.9. The van der Waals surface area contributed by atoms with Gasteiger partial charge in [-0.3, -0.25) is 0 Å². The van der Waals surface area contributed by atoms with E-state index in [0.717, 1.165) is 44.8 Å². The van der Waals surface area contributed by atoms with Gasteiger partial charge in [0.25, 0.3) is 0 Å². The lowest BCUT2D eigenvalue weighted by molar-refractivity contribution is 0.125. The molecule has 1 unspecified atom stereocenters. The molecule has 0 spiro atoms. The first kappa shape index (κ1) is 20.0. The molecule has 158 valence electrons. The summed E-state index contributed by atoms with van der Waals surface area (Å²) in [5.74, 6) is 0.375. The van der Waals surface area contributed by atoms with Crippen LogP contribution in [0.2, 0.25) is 0 Å². The lowest BCUT2D eigenvalue weighted by Crippen LogP contribution is -2.42. The third-order valence-electron chi connectivity index (χ3n) is 6.66. The molecular weight excluding hydrogens is 366 g/mol. The van der Waals surface area contributed by atoms with Crippen LogP contribution in [0.15, 0.2) is 18.3 Å². The summed E-state index contributed by atoms with van der Waals surface area (Å²) in [6.45, 7) is 8.30. The maximum atomic E-state index is 11.8. The van der Waals surface area contributed by atoms with Crippen LogP contribution in [0.5, 0.6) is 0 Å². The van der Waals surface area contributed by atoms with Gasteiger partial charge in [-0.05, 0) is 57.3 Å². The highest BCUT2D eigenvalue weighted by atomic mass is 16.4. The van der Waals surface area contributed by atoms with E-state index in [-0.39, 0.29) is 0 Å². The number of piperidine rings is 1. The van der Waals surface area contributed by atoms with Crippen LogP contribution in [0.3, 0.4) is 0 Å². The van der Waals surface area contributed by atoms with Crippen molar-refractivity contribution in [1.29, 1.82) is 0 Å². The zero-order chi connectivity index (χ0) is 20.4. The molecule has 2 aliphatic heterocycles. The lowest BCUT2D eigenvalue weighted by atomic mass is 10.1. The average molecular weight is 400 g/mol. The van der Waals surface area contributed by atoms with E-state index >= 15 is 0 Å². The summed E-state index contributed by atoms with van der Waals surface area (Å²) < 4.78 is 2.12. The van der Waals surface area contributed by atoms with Crippen molar-refractivity contribution in [2.45, 2.75) is 32.6 Å². The fourth-order valence-electron chi connectivity index (χ4n) is 4.83. The van der Waals surface area contributed by atoms with E-state index in [0.29, 0.717) is 19.0 Å². The van der Waals surface area contributed by atoms with Gasteiger partial charge in [-0.25, -0.2) is 9.78 Å². The van der Waals surface area contributed by atoms with Gasteiger partial charge in [0.2, 0.25) is 0 Å². The molecule has 0 aromatic carbocycles. The molecule has 2 aliphatic rings. The summed E-state index contributed by atoms with van der Waals surface area (Å²) in [5.41, 5.74) is 3.43. The number of amides is 1. The van der Waals surface area contributed by atoms with Crippen LogP contribution in [0.1, 0.15) is 31.4 Å². The molecule has 4 heterocycles. The van der Waals surface area contributed by atoms with Gasteiger partial charge in [0, 0.05) is 62.7 Å². The third kappa shape index (κ3) is 4.34. The van der Waals surface area contributed by atoms with E-state index in [2.05, 4.69) is 38.4 Å². The molecule has 7 heteroatoms. The van der Waals surface area contributed by atoms with Gasteiger partial charge < -0.3 is 24.4 Å². The second-order valence-electron chi connectivity index (χ2n) is 8.64. The van der Waals surface area contributed by atoms with Crippen molar-refractivity contribution in [1.82, 2.24) is 19.4 Å². The smallest absolute Gasteiger partial charge is 0.407 e. The first-order chi connectivity index (χ1) is 14.0. The van der Waals surface area contributed by atoms with Gasteiger partial charge in [0.05, 0.1) is 0 Å². The van der Waals surface area contributed by atoms with E-state index in [4.69, 9.17) is 0 Å². The Labute approximate surface area is 172 Å². The number of fused-ring (bicyclic) bond motifs is 1. The molecule has 0 saturated carbocycles. The molecule has 2 saturated heterocycles. The quantitative estimate of drug-likeness (QED) is 0.808. The normalized spacial score (nSPS) is 20.5. The Morgan fingerprint density at radius 2 is 2.07 bits per heavy atom. The van der Waals surface area contributed by atoms with Crippen LogP contribution in [0, 0.1) is 12.8 Å². The molecule has 1 atom stereocenters. The van der Waals surface area contributed by atoms with Gasteiger partial charge in [0.15, 0.2) is 0 Å². The van der Waals surface area contributed by atoms with Crippen molar-refractivity contribution < 1.29 is 9.90 Å². The molecule has 1 N–H and O–H groups in total. The molecule has 4 rings (SSSR count). The number of carbonyl (C=O) groups is 1. The number of nitrogens with zero attached hydrogens (tertiary/aromatic N) is 5. The highest BCUT2D eigenvalue weighted by molar-refractivity contribution is 5.91. The molecule has 2 aromatic heterocycles. The average Bonchev–Trinajstić information content (AvgIpc) is 3.30. The largest absolute Gasteiger partial charge is 0.465 e. The topological polar surface area (TPSA) is 64.8 Å².